The molecule has 1 saturated heterocycles. The van der Waals surface area contributed by atoms with Crippen molar-refractivity contribution >= 4 is 27.8 Å². The summed E-state index contributed by atoms with van der Waals surface area (Å²) >= 11 is 0. The molecule has 12 nitrogen and oxygen atoms in total. The number of carbonyl (C=O) groups excluding carboxylic acids is 1. The Morgan fingerprint density at radius 2 is 2.31 bits per heavy atom. The zero-order valence-corrected chi connectivity index (χ0v) is 14.7. The minimum Gasteiger partial charge on any atom is -0.394 e. The maximum atomic E-state index is 12.1. The predicted molar refractivity (Wildman–Crippen MR) is 88.9 cm³/mol. The first-order valence-electron chi connectivity index (χ1n) is 7.67. The Kier molecular flexibility index (Phi) is 4.95. The van der Waals surface area contributed by atoms with Crippen LogP contribution >= 0.6 is 0 Å². The zero-order chi connectivity index (χ0) is 18.9. The molecular weight excluding hydrogens is 368 g/mol. The van der Waals surface area contributed by atoms with Crippen LogP contribution in [0.4, 0.5) is 4.79 Å². The quantitative estimate of drug-likeness (QED) is 0.269. The van der Waals surface area contributed by atoms with Gasteiger partial charge in [0.25, 0.3) is 0 Å². The first-order chi connectivity index (χ1) is 12.3. The molecule has 142 valence electrons. The van der Waals surface area contributed by atoms with Gasteiger partial charge in [-0.15, -0.1) is 4.28 Å². The largest absolute Gasteiger partial charge is 0.418 e. The summed E-state index contributed by atoms with van der Waals surface area (Å²) in [7, 11) is -4.79. The van der Waals surface area contributed by atoms with E-state index in [1.807, 2.05) is 0 Å². The number of urea groups is 1. The fourth-order valence-corrected chi connectivity index (χ4v) is 3.02. The molecule has 0 aromatic carbocycles. The summed E-state index contributed by atoms with van der Waals surface area (Å²) in [5, 5.41) is 8.90. The van der Waals surface area contributed by atoms with Crippen LogP contribution in [-0.2, 0) is 19.5 Å². The number of rotatable bonds is 7. The Balaban J connectivity index is 1.78. The van der Waals surface area contributed by atoms with E-state index in [-0.39, 0.29) is 13.1 Å². The van der Waals surface area contributed by atoms with Crippen LogP contribution in [0.3, 0.4) is 0 Å². The van der Waals surface area contributed by atoms with Gasteiger partial charge in [0.15, 0.2) is 0 Å². The highest BCUT2D eigenvalue weighted by Gasteiger charge is 2.43. The van der Waals surface area contributed by atoms with Crippen LogP contribution in [0.2, 0.25) is 0 Å². The highest BCUT2D eigenvalue weighted by molar-refractivity contribution is 7.80. The van der Waals surface area contributed by atoms with E-state index in [0.717, 1.165) is 0 Å². The molecule has 0 spiro atoms. The average Bonchev–Trinajstić information content (AvgIpc) is 3.14. The minimum atomic E-state index is -4.79. The average molecular weight is 386 g/mol. The number of amides is 2. The normalized spacial score (nSPS) is 20.6. The molecule has 3 heterocycles. The molecule has 0 aliphatic carbocycles. The highest BCUT2D eigenvalue weighted by atomic mass is 32.3. The molecule has 2 bridgehead atoms. The number of nitrogens with two attached hydrogens (primary N) is 1. The van der Waals surface area contributed by atoms with Gasteiger partial charge in [-0.05, 0) is 19.1 Å². The van der Waals surface area contributed by atoms with Gasteiger partial charge < -0.3 is 15.5 Å². The van der Waals surface area contributed by atoms with Crippen molar-refractivity contribution in [1.29, 1.82) is 0 Å². The lowest BCUT2D eigenvalue weighted by Gasteiger charge is -2.21. The zero-order valence-electron chi connectivity index (χ0n) is 13.8. The third-order valence-corrected chi connectivity index (χ3v) is 4.09. The summed E-state index contributed by atoms with van der Waals surface area (Å²) in [4.78, 5) is 18.5. The molecule has 3 rings (SSSR count). The molecule has 2 amide bonds. The van der Waals surface area contributed by atoms with E-state index in [0.29, 0.717) is 35.3 Å². The first kappa shape index (κ1) is 18.3. The van der Waals surface area contributed by atoms with Crippen molar-refractivity contribution in [2.75, 3.05) is 26.2 Å². The van der Waals surface area contributed by atoms with Crippen LogP contribution in [-0.4, -0.2) is 76.7 Å². The molecule has 1 atom stereocenters. The summed E-state index contributed by atoms with van der Waals surface area (Å²) in [6.07, 6.45) is 3.34. The number of hydrogen-bond donors (Lipinski definition) is 2. The summed E-state index contributed by atoms with van der Waals surface area (Å²) in [5.41, 5.74) is 7.11. The molecule has 26 heavy (non-hydrogen) atoms. The predicted octanol–water partition coefficient (Wildman–Crippen LogP) is -0.722. The fraction of sp³-hybridized carbons (Fsp3) is 0.462. The minimum absolute atomic E-state index is 0.210. The molecule has 13 heteroatoms. The molecular formula is C13H18N6O6S. The van der Waals surface area contributed by atoms with Gasteiger partial charge in [0.05, 0.1) is 12.2 Å². The number of hydrogen-bond acceptors (Lipinski definition) is 8. The molecule has 2 aliphatic heterocycles. The van der Waals surface area contributed by atoms with Crippen molar-refractivity contribution in [1.82, 2.24) is 19.7 Å². The number of fused-ring (bicyclic) bond motifs is 2. The third-order valence-electron chi connectivity index (χ3n) is 3.74. The van der Waals surface area contributed by atoms with Gasteiger partial charge in [0.1, 0.15) is 24.1 Å². The number of oxime groups is 1. The molecule has 1 aromatic heterocycles. The van der Waals surface area contributed by atoms with E-state index < -0.39 is 22.5 Å². The van der Waals surface area contributed by atoms with E-state index in [1.54, 1.807) is 29.9 Å². The lowest BCUT2D eigenvalue weighted by molar-refractivity contribution is -0.0183. The Morgan fingerprint density at radius 3 is 3.00 bits per heavy atom. The topological polar surface area (TPSA) is 153 Å². The second-order valence-electron chi connectivity index (χ2n) is 5.66. The highest BCUT2D eigenvalue weighted by Crippen LogP contribution is 2.27. The van der Waals surface area contributed by atoms with Crippen molar-refractivity contribution in [3.63, 3.8) is 0 Å². The molecule has 1 fully saturated rings. The van der Waals surface area contributed by atoms with Gasteiger partial charge in [-0.3, -0.25) is 4.55 Å². The summed E-state index contributed by atoms with van der Waals surface area (Å²) in [6, 6.07) is 0.411. The summed E-state index contributed by atoms with van der Waals surface area (Å²) < 4.78 is 36.5. The van der Waals surface area contributed by atoms with Gasteiger partial charge in [-0.1, -0.05) is 5.16 Å². The molecule has 1 unspecified atom stereocenters. The van der Waals surface area contributed by atoms with Crippen molar-refractivity contribution in [2.24, 2.45) is 10.9 Å². The monoisotopic (exact) mass is 386 g/mol. The lowest BCUT2D eigenvalue weighted by atomic mass is 10.2. The first-order valence-corrected chi connectivity index (χ1v) is 9.04. The van der Waals surface area contributed by atoms with Crippen LogP contribution in [0, 0.1) is 0 Å². The molecule has 0 radical (unpaired) electrons. The number of hydroxylamine groups is 2. The molecule has 1 aromatic rings. The van der Waals surface area contributed by atoms with Gasteiger partial charge >= 0.3 is 16.4 Å². The van der Waals surface area contributed by atoms with E-state index in [1.165, 1.54) is 4.90 Å². The van der Waals surface area contributed by atoms with Gasteiger partial charge in [-0.2, -0.15) is 18.6 Å². The number of carbonyl (C=O) groups is 1. The van der Waals surface area contributed by atoms with E-state index in [9.17, 15) is 13.2 Å². The van der Waals surface area contributed by atoms with Crippen LogP contribution in [0.15, 0.2) is 23.5 Å². The molecule has 0 saturated carbocycles. The van der Waals surface area contributed by atoms with Crippen molar-refractivity contribution in [3.8, 4) is 0 Å². The van der Waals surface area contributed by atoms with E-state index in [4.69, 9.17) is 15.1 Å². The Bertz CT molecular complexity index is 862. The second kappa shape index (κ2) is 7.03. The van der Waals surface area contributed by atoms with Crippen LogP contribution in [0.1, 0.15) is 12.6 Å². The SMILES string of the molecule is C/C(=N/OCCN)c1ccn(C2=CC3CN(C2)C(=O)N3OS(=O)(=O)O)n1. The standard InChI is InChI=1S/C13H18N6O6S/c1-9(16-24-5-3-14)12-2-4-18(15-12)10-6-11-8-17(7-10)13(20)19(11)25-26(21,22)23/h2,4,6,11H,3,5,7-8,14H2,1H3,(H,21,22,23)/b16-9-. The van der Waals surface area contributed by atoms with Crippen LogP contribution in [0.25, 0.3) is 5.70 Å². The van der Waals surface area contributed by atoms with Gasteiger partial charge in [0.2, 0.25) is 0 Å². The fourth-order valence-electron chi connectivity index (χ4n) is 2.64. The third kappa shape index (κ3) is 3.85. The second-order valence-corrected chi connectivity index (χ2v) is 6.67. The summed E-state index contributed by atoms with van der Waals surface area (Å²) in [6.45, 7) is 2.84. The number of nitrogens with zero attached hydrogens (tertiary/aromatic N) is 5. The van der Waals surface area contributed by atoms with Crippen molar-refractivity contribution in [3.05, 3.63) is 24.0 Å². The Labute approximate surface area is 149 Å². The van der Waals surface area contributed by atoms with Gasteiger partial charge in [0, 0.05) is 19.3 Å². The van der Waals surface area contributed by atoms with Crippen molar-refractivity contribution < 1.29 is 26.9 Å². The maximum absolute atomic E-state index is 12.1. The molecule has 2 aliphatic rings. The lowest BCUT2D eigenvalue weighted by Crippen LogP contribution is -2.35. The Hall–Kier alpha value is -2.48. The van der Waals surface area contributed by atoms with Crippen LogP contribution in [0.5, 0.6) is 0 Å². The molecule has 3 N–H and O–H groups in total. The van der Waals surface area contributed by atoms with Gasteiger partial charge in [-0.25, -0.2) is 9.48 Å². The van der Waals surface area contributed by atoms with Crippen molar-refractivity contribution in [2.45, 2.75) is 13.0 Å². The smallest absolute Gasteiger partial charge is 0.394 e. The summed E-state index contributed by atoms with van der Waals surface area (Å²) in [5.74, 6) is 0. The van der Waals surface area contributed by atoms with E-state index >= 15 is 0 Å². The number of aromatic nitrogens is 2. The van der Waals surface area contributed by atoms with E-state index in [2.05, 4.69) is 14.5 Å². The Morgan fingerprint density at radius 1 is 1.54 bits per heavy atom. The van der Waals surface area contributed by atoms with Crippen LogP contribution < -0.4 is 5.73 Å². The maximum Gasteiger partial charge on any atom is 0.418 e.